The average Bonchev–Trinajstić information content (AvgIpc) is 3.69. The first kappa shape index (κ1) is 34.0. The highest BCUT2D eigenvalue weighted by Gasteiger charge is 2.19. The van der Waals surface area contributed by atoms with Crippen LogP contribution in [0.1, 0.15) is 0 Å². The van der Waals surface area contributed by atoms with Crippen molar-refractivity contribution in [2.24, 2.45) is 0 Å². The Morgan fingerprint density at radius 3 is 1.50 bits per heavy atom. The summed E-state index contributed by atoms with van der Waals surface area (Å²) < 4.78 is 2.58. The smallest absolute Gasteiger partial charge is 0.0554 e. The summed E-state index contributed by atoms with van der Waals surface area (Å²) in [6, 6.07) is 81.9. The Labute approximate surface area is 342 Å². The van der Waals surface area contributed by atoms with Crippen molar-refractivity contribution in [2.45, 2.75) is 0 Å². The van der Waals surface area contributed by atoms with Crippen LogP contribution >= 0.6 is 11.3 Å². The van der Waals surface area contributed by atoms with Gasteiger partial charge in [-0.1, -0.05) is 176 Å². The Bertz CT molecular complexity index is 3250. The summed E-state index contributed by atoms with van der Waals surface area (Å²) in [7, 11) is 0. The van der Waals surface area contributed by atoms with Gasteiger partial charge in [0, 0.05) is 31.5 Å². The molecular formula is C56H37NS. The van der Waals surface area contributed by atoms with Crippen molar-refractivity contribution in [1.82, 2.24) is 0 Å². The van der Waals surface area contributed by atoms with E-state index in [9.17, 15) is 0 Å². The van der Waals surface area contributed by atoms with Gasteiger partial charge in [0.25, 0.3) is 0 Å². The molecule has 0 aliphatic carbocycles. The molecule has 0 N–H and O–H groups in total. The third-order valence-corrected chi connectivity index (χ3v) is 12.6. The second kappa shape index (κ2) is 14.4. The number of hydrogen-bond acceptors (Lipinski definition) is 2. The molecule has 0 bridgehead atoms. The molecule has 0 unspecified atom stereocenters. The largest absolute Gasteiger partial charge is 0.310 e. The fraction of sp³-hybridized carbons (Fsp3) is 0. The third kappa shape index (κ3) is 5.94. The molecule has 0 radical (unpaired) electrons. The van der Waals surface area contributed by atoms with E-state index in [1.807, 2.05) is 11.3 Å². The van der Waals surface area contributed by atoms with Gasteiger partial charge >= 0.3 is 0 Å². The van der Waals surface area contributed by atoms with Crippen LogP contribution in [0.5, 0.6) is 0 Å². The second-order valence-electron chi connectivity index (χ2n) is 14.9. The summed E-state index contributed by atoms with van der Waals surface area (Å²) in [6.45, 7) is 0. The van der Waals surface area contributed by atoms with Crippen molar-refractivity contribution in [3.05, 3.63) is 224 Å². The molecule has 1 nitrogen and oxygen atoms in total. The number of thiophene rings is 1. The van der Waals surface area contributed by atoms with Crippen molar-refractivity contribution in [3.8, 4) is 44.5 Å². The fourth-order valence-corrected chi connectivity index (χ4v) is 9.85. The summed E-state index contributed by atoms with van der Waals surface area (Å²) in [5.41, 5.74) is 13.2. The van der Waals surface area contributed by atoms with Gasteiger partial charge in [-0.3, -0.25) is 0 Å². The average molecular weight is 756 g/mol. The van der Waals surface area contributed by atoms with Crippen LogP contribution in [0.4, 0.5) is 17.1 Å². The van der Waals surface area contributed by atoms with Crippen molar-refractivity contribution >= 4 is 70.1 Å². The summed E-state index contributed by atoms with van der Waals surface area (Å²) in [6.07, 6.45) is 0. The summed E-state index contributed by atoms with van der Waals surface area (Å²) in [4.78, 5) is 2.43. The van der Waals surface area contributed by atoms with E-state index in [4.69, 9.17) is 0 Å². The van der Waals surface area contributed by atoms with E-state index in [2.05, 4.69) is 229 Å². The van der Waals surface area contributed by atoms with Gasteiger partial charge in [-0.2, -0.15) is 0 Å². The van der Waals surface area contributed by atoms with E-state index in [1.54, 1.807) is 0 Å². The van der Waals surface area contributed by atoms with Gasteiger partial charge in [0.05, 0.1) is 5.69 Å². The molecule has 0 aliphatic rings. The Hall–Kier alpha value is -7.26. The zero-order valence-electron chi connectivity index (χ0n) is 31.7. The van der Waals surface area contributed by atoms with E-state index < -0.39 is 0 Å². The molecule has 11 aromatic rings. The number of fused-ring (bicyclic) bond motifs is 5. The standard InChI is InChI=1S/C56H37NS/c1-3-13-39(14-4-1)47-21-9-17-41-27-28-44(37-51(41)47)38-29-33-45(34-30-38)57(52-24-12-26-54-56(52)50-20-7-8-25-53(50)58-54)46-35-31-42(32-36-46)49-23-11-19-43-18-10-22-48(55(43)49)40-15-5-2-6-16-40/h1-37H. The predicted molar refractivity (Wildman–Crippen MR) is 251 cm³/mol. The third-order valence-electron chi connectivity index (χ3n) is 11.5. The Morgan fingerprint density at radius 1 is 0.293 bits per heavy atom. The quantitative estimate of drug-likeness (QED) is 0.157. The van der Waals surface area contributed by atoms with Gasteiger partial charge in [-0.05, 0) is 115 Å². The van der Waals surface area contributed by atoms with Crippen LogP contribution in [0.2, 0.25) is 0 Å². The minimum absolute atomic E-state index is 1.11. The fourth-order valence-electron chi connectivity index (χ4n) is 8.72. The van der Waals surface area contributed by atoms with Crippen molar-refractivity contribution in [3.63, 3.8) is 0 Å². The van der Waals surface area contributed by atoms with Gasteiger partial charge in [-0.25, -0.2) is 0 Å². The molecule has 58 heavy (non-hydrogen) atoms. The van der Waals surface area contributed by atoms with Crippen molar-refractivity contribution < 1.29 is 0 Å². The maximum atomic E-state index is 2.43. The molecule has 0 spiro atoms. The zero-order chi connectivity index (χ0) is 38.4. The highest BCUT2D eigenvalue weighted by Crippen LogP contribution is 2.46. The number of anilines is 3. The maximum absolute atomic E-state index is 2.43. The van der Waals surface area contributed by atoms with E-state index in [-0.39, 0.29) is 0 Å². The van der Waals surface area contributed by atoms with Gasteiger partial charge < -0.3 is 4.90 Å². The van der Waals surface area contributed by atoms with Gasteiger partial charge in [0.15, 0.2) is 0 Å². The summed E-state index contributed by atoms with van der Waals surface area (Å²) in [5, 5.41) is 7.58. The first-order valence-corrected chi connectivity index (χ1v) is 20.7. The van der Waals surface area contributed by atoms with E-state index >= 15 is 0 Å². The van der Waals surface area contributed by atoms with Gasteiger partial charge in [-0.15, -0.1) is 11.3 Å². The lowest BCUT2D eigenvalue weighted by Crippen LogP contribution is -2.10. The van der Waals surface area contributed by atoms with Crippen LogP contribution in [0.3, 0.4) is 0 Å². The number of nitrogens with zero attached hydrogens (tertiary/aromatic N) is 1. The Balaban J connectivity index is 1.04. The molecule has 0 saturated carbocycles. The lowest BCUT2D eigenvalue weighted by molar-refractivity contribution is 1.30. The lowest BCUT2D eigenvalue weighted by Gasteiger charge is -2.27. The van der Waals surface area contributed by atoms with Crippen LogP contribution in [0.25, 0.3) is 86.2 Å². The topological polar surface area (TPSA) is 3.24 Å². The van der Waals surface area contributed by atoms with Gasteiger partial charge in [0.2, 0.25) is 0 Å². The van der Waals surface area contributed by atoms with Crippen LogP contribution in [0.15, 0.2) is 224 Å². The van der Waals surface area contributed by atoms with Crippen LogP contribution < -0.4 is 4.90 Å². The predicted octanol–water partition coefficient (Wildman–Crippen LogP) is 16.5. The Morgan fingerprint density at radius 2 is 0.810 bits per heavy atom. The molecule has 1 heterocycles. The molecule has 0 atom stereocenters. The second-order valence-corrected chi connectivity index (χ2v) is 15.9. The first-order valence-electron chi connectivity index (χ1n) is 19.8. The molecule has 272 valence electrons. The summed E-state index contributed by atoms with van der Waals surface area (Å²) in [5.74, 6) is 0. The van der Waals surface area contributed by atoms with Crippen LogP contribution in [-0.4, -0.2) is 0 Å². The molecule has 11 rings (SSSR count). The number of hydrogen-bond donors (Lipinski definition) is 0. The zero-order valence-corrected chi connectivity index (χ0v) is 32.5. The molecule has 2 heteroatoms. The highest BCUT2D eigenvalue weighted by molar-refractivity contribution is 7.26. The van der Waals surface area contributed by atoms with E-state index in [1.165, 1.54) is 91.9 Å². The monoisotopic (exact) mass is 755 g/mol. The minimum Gasteiger partial charge on any atom is -0.310 e. The van der Waals surface area contributed by atoms with Crippen LogP contribution in [-0.2, 0) is 0 Å². The van der Waals surface area contributed by atoms with Crippen molar-refractivity contribution in [2.75, 3.05) is 4.90 Å². The van der Waals surface area contributed by atoms with Gasteiger partial charge in [0.1, 0.15) is 0 Å². The molecule has 1 aromatic heterocycles. The lowest BCUT2D eigenvalue weighted by atomic mass is 9.91. The Kier molecular flexibility index (Phi) is 8.42. The normalized spacial score (nSPS) is 11.4. The molecule has 0 saturated heterocycles. The van der Waals surface area contributed by atoms with Crippen LogP contribution in [0, 0.1) is 0 Å². The maximum Gasteiger partial charge on any atom is 0.0554 e. The molecule has 0 fully saturated rings. The SMILES string of the molecule is c1ccc(-c2cccc3ccc(-c4ccc(N(c5ccc(-c6cccc7cccc(-c8ccccc8)c67)cc5)c5cccc6sc7ccccc7c56)cc4)cc23)cc1. The number of rotatable bonds is 7. The van der Waals surface area contributed by atoms with Crippen molar-refractivity contribution in [1.29, 1.82) is 0 Å². The molecular weight excluding hydrogens is 719 g/mol. The van der Waals surface area contributed by atoms with E-state index in [0.29, 0.717) is 0 Å². The summed E-state index contributed by atoms with van der Waals surface area (Å²) >= 11 is 1.86. The molecule has 0 aliphatic heterocycles. The first-order chi connectivity index (χ1) is 28.8. The highest BCUT2D eigenvalue weighted by atomic mass is 32.1. The molecule has 10 aromatic carbocycles. The number of benzene rings is 10. The minimum atomic E-state index is 1.11. The van der Waals surface area contributed by atoms with E-state index in [0.717, 1.165) is 11.4 Å². The molecule has 0 amide bonds.